The molecule has 0 amide bonds. The summed E-state index contributed by atoms with van der Waals surface area (Å²) < 4.78 is 28.1. The molecule has 1 heterocycles. The topological polar surface area (TPSA) is 61.4 Å². The van der Waals surface area contributed by atoms with Gasteiger partial charge in [-0.05, 0) is 37.6 Å². The molecular formula is C12H19N3O2S. The molecule has 1 aliphatic heterocycles. The van der Waals surface area contributed by atoms with Crippen LogP contribution in [-0.4, -0.2) is 32.9 Å². The van der Waals surface area contributed by atoms with E-state index >= 15 is 0 Å². The highest BCUT2D eigenvalue weighted by Gasteiger charge is 2.24. The molecule has 0 spiro atoms. The summed E-state index contributed by atoms with van der Waals surface area (Å²) in [7, 11) is -1.49. The fraction of sp³-hybridized carbons (Fsp3) is 0.500. The van der Waals surface area contributed by atoms with Crippen LogP contribution < -0.4 is 10.0 Å². The third-order valence-electron chi connectivity index (χ3n) is 2.99. The minimum Gasteiger partial charge on any atom is -0.316 e. The van der Waals surface area contributed by atoms with E-state index in [1.807, 2.05) is 19.2 Å². The van der Waals surface area contributed by atoms with Gasteiger partial charge in [0.15, 0.2) is 0 Å². The van der Waals surface area contributed by atoms with Crippen molar-refractivity contribution < 1.29 is 8.42 Å². The summed E-state index contributed by atoms with van der Waals surface area (Å²) in [4.78, 5) is 0. The van der Waals surface area contributed by atoms with Gasteiger partial charge in [-0.15, -0.1) is 0 Å². The van der Waals surface area contributed by atoms with Gasteiger partial charge in [-0.1, -0.05) is 12.1 Å². The van der Waals surface area contributed by atoms with E-state index in [9.17, 15) is 8.42 Å². The molecule has 1 saturated heterocycles. The maximum Gasteiger partial charge on any atom is 0.301 e. The van der Waals surface area contributed by atoms with Gasteiger partial charge in [-0.2, -0.15) is 12.7 Å². The SMILES string of the molecule is CNCc1ccc(NS(=O)(=O)N2CCCC2)cc1. The second-order valence-electron chi connectivity index (χ2n) is 4.44. The van der Waals surface area contributed by atoms with Gasteiger partial charge in [0.2, 0.25) is 0 Å². The van der Waals surface area contributed by atoms with E-state index in [2.05, 4.69) is 10.0 Å². The molecular weight excluding hydrogens is 250 g/mol. The van der Waals surface area contributed by atoms with Crippen LogP contribution in [0.15, 0.2) is 24.3 Å². The minimum absolute atomic E-state index is 0.613. The molecule has 1 aromatic rings. The molecule has 5 nitrogen and oxygen atoms in total. The lowest BCUT2D eigenvalue weighted by Crippen LogP contribution is -2.33. The standard InChI is InChI=1S/C12H19N3O2S/c1-13-10-11-4-6-12(7-5-11)14-18(16,17)15-8-2-3-9-15/h4-7,13-14H,2-3,8-10H2,1H3. The Morgan fingerprint density at radius 1 is 1.17 bits per heavy atom. The first-order chi connectivity index (χ1) is 8.62. The molecule has 18 heavy (non-hydrogen) atoms. The highest BCUT2D eigenvalue weighted by Crippen LogP contribution is 2.17. The Morgan fingerprint density at radius 2 is 1.78 bits per heavy atom. The van der Waals surface area contributed by atoms with Crippen molar-refractivity contribution in [3.8, 4) is 0 Å². The van der Waals surface area contributed by atoms with Crippen molar-refractivity contribution in [2.24, 2.45) is 0 Å². The number of nitrogens with one attached hydrogen (secondary N) is 2. The zero-order valence-corrected chi connectivity index (χ0v) is 11.3. The highest BCUT2D eigenvalue weighted by molar-refractivity contribution is 7.90. The van der Waals surface area contributed by atoms with Crippen molar-refractivity contribution in [2.45, 2.75) is 19.4 Å². The lowest BCUT2D eigenvalue weighted by molar-refractivity contribution is 0.482. The maximum atomic E-state index is 12.0. The molecule has 0 aromatic heterocycles. The minimum atomic E-state index is -3.37. The van der Waals surface area contributed by atoms with Crippen molar-refractivity contribution in [1.82, 2.24) is 9.62 Å². The zero-order chi connectivity index (χ0) is 13.0. The summed E-state index contributed by atoms with van der Waals surface area (Å²) in [6.45, 7) is 2.01. The molecule has 1 aliphatic rings. The number of anilines is 1. The van der Waals surface area contributed by atoms with Crippen LogP contribution in [0.4, 0.5) is 5.69 Å². The van der Waals surface area contributed by atoms with E-state index in [0.717, 1.165) is 24.9 Å². The zero-order valence-electron chi connectivity index (χ0n) is 10.5. The van der Waals surface area contributed by atoms with Gasteiger partial charge in [0.05, 0.1) is 0 Å². The smallest absolute Gasteiger partial charge is 0.301 e. The third kappa shape index (κ3) is 3.22. The van der Waals surface area contributed by atoms with E-state index in [1.165, 1.54) is 4.31 Å². The average Bonchev–Trinajstić information content (AvgIpc) is 2.86. The first-order valence-electron chi connectivity index (χ1n) is 6.13. The van der Waals surface area contributed by atoms with Gasteiger partial charge in [0.1, 0.15) is 0 Å². The van der Waals surface area contributed by atoms with Gasteiger partial charge in [-0.25, -0.2) is 0 Å². The highest BCUT2D eigenvalue weighted by atomic mass is 32.2. The summed E-state index contributed by atoms with van der Waals surface area (Å²) >= 11 is 0. The summed E-state index contributed by atoms with van der Waals surface area (Å²) in [5, 5.41) is 3.05. The number of rotatable bonds is 5. The van der Waals surface area contributed by atoms with Crippen LogP contribution in [0, 0.1) is 0 Å². The maximum absolute atomic E-state index is 12.0. The molecule has 0 saturated carbocycles. The number of benzene rings is 1. The van der Waals surface area contributed by atoms with E-state index < -0.39 is 10.2 Å². The van der Waals surface area contributed by atoms with Crippen LogP contribution >= 0.6 is 0 Å². The Morgan fingerprint density at radius 3 is 2.33 bits per heavy atom. The van der Waals surface area contributed by atoms with Crippen molar-refractivity contribution in [3.05, 3.63) is 29.8 Å². The van der Waals surface area contributed by atoms with Gasteiger partial charge in [0, 0.05) is 25.3 Å². The summed E-state index contributed by atoms with van der Waals surface area (Å²) in [5.41, 5.74) is 1.74. The lowest BCUT2D eigenvalue weighted by atomic mass is 10.2. The summed E-state index contributed by atoms with van der Waals surface area (Å²) in [6.07, 6.45) is 1.89. The average molecular weight is 269 g/mol. The Bertz CT molecular complexity index is 479. The lowest BCUT2D eigenvalue weighted by Gasteiger charge is -2.16. The normalized spacial score (nSPS) is 16.9. The predicted octanol–water partition coefficient (Wildman–Crippen LogP) is 1.16. The molecule has 0 unspecified atom stereocenters. The molecule has 0 radical (unpaired) electrons. The second-order valence-corrected chi connectivity index (χ2v) is 6.11. The fourth-order valence-electron chi connectivity index (χ4n) is 2.04. The number of hydrogen-bond donors (Lipinski definition) is 2. The Kier molecular flexibility index (Phi) is 4.21. The van der Waals surface area contributed by atoms with Crippen molar-refractivity contribution in [3.63, 3.8) is 0 Å². The Labute approximate surface area is 108 Å². The predicted molar refractivity (Wildman–Crippen MR) is 72.6 cm³/mol. The molecule has 0 aliphatic carbocycles. The Balaban J connectivity index is 2.04. The molecule has 6 heteroatoms. The van der Waals surface area contributed by atoms with Gasteiger partial charge in [-0.3, -0.25) is 4.72 Å². The van der Waals surface area contributed by atoms with E-state index in [0.29, 0.717) is 18.8 Å². The largest absolute Gasteiger partial charge is 0.316 e. The first kappa shape index (κ1) is 13.3. The third-order valence-corrected chi connectivity index (χ3v) is 4.53. The van der Waals surface area contributed by atoms with Gasteiger partial charge < -0.3 is 5.32 Å². The Hall–Kier alpha value is -1.11. The van der Waals surface area contributed by atoms with Crippen LogP contribution in [0.1, 0.15) is 18.4 Å². The van der Waals surface area contributed by atoms with Crippen LogP contribution in [0.25, 0.3) is 0 Å². The van der Waals surface area contributed by atoms with Gasteiger partial charge >= 0.3 is 10.2 Å². The molecule has 1 fully saturated rings. The number of hydrogen-bond acceptors (Lipinski definition) is 3. The van der Waals surface area contributed by atoms with Crippen molar-refractivity contribution >= 4 is 15.9 Å². The molecule has 2 N–H and O–H groups in total. The van der Waals surface area contributed by atoms with Crippen molar-refractivity contribution in [2.75, 3.05) is 24.9 Å². The molecule has 2 rings (SSSR count). The van der Waals surface area contributed by atoms with Gasteiger partial charge in [0.25, 0.3) is 0 Å². The van der Waals surface area contributed by atoms with E-state index in [-0.39, 0.29) is 0 Å². The van der Waals surface area contributed by atoms with E-state index in [1.54, 1.807) is 12.1 Å². The molecule has 0 atom stereocenters. The second kappa shape index (κ2) is 5.69. The van der Waals surface area contributed by atoms with Crippen LogP contribution in [-0.2, 0) is 16.8 Å². The first-order valence-corrected chi connectivity index (χ1v) is 7.57. The molecule has 0 bridgehead atoms. The van der Waals surface area contributed by atoms with Crippen LogP contribution in [0.3, 0.4) is 0 Å². The summed E-state index contributed by atoms with van der Waals surface area (Å²) in [5.74, 6) is 0. The van der Waals surface area contributed by atoms with E-state index in [4.69, 9.17) is 0 Å². The molecule has 100 valence electrons. The summed E-state index contributed by atoms with van der Waals surface area (Å²) in [6, 6.07) is 7.41. The van der Waals surface area contributed by atoms with Crippen LogP contribution in [0.5, 0.6) is 0 Å². The molecule has 1 aromatic carbocycles. The fourth-order valence-corrected chi connectivity index (χ4v) is 3.34. The van der Waals surface area contributed by atoms with Crippen molar-refractivity contribution in [1.29, 1.82) is 0 Å². The monoisotopic (exact) mass is 269 g/mol. The van der Waals surface area contributed by atoms with Crippen LogP contribution in [0.2, 0.25) is 0 Å². The quantitative estimate of drug-likeness (QED) is 0.843. The number of nitrogens with zero attached hydrogens (tertiary/aromatic N) is 1.